The standard InChI is InChI=1S/C15H19N3O3/c1-12(15(20)21)10-17(2)11-14(19)18(9-8-16)13-6-4-3-5-7-13/h3-7,12H,9-11H2,1-2H3,(H,20,21). The van der Waals surface area contributed by atoms with Crippen molar-refractivity contribution in [3.63, 3.8) is 0 Å². The van der Waals surface area contributed by atoms with E-state index in [0.717, 1.165) is 0 Å². The van der Waals surface area contributed by atoms with Crippen molar-refractivity contribution in [2.75, 3.05) is 31.6 Å². The number of hydrogen-bond acceptors (Lipinski definition) is 4. The number of aliphatic carboxylic acids is 1. The Morgan fingerprint density at radius 1 is 1.33 bits per heavy atom. The molecular weight excluding hydrogens is 270 g/mol. The van der Waals surface area contributed by atoms with Gasteiger partial charge in [-0.25, -0.2) is 0 Å². The van der Waals surface area contributed by atoms with E-state index in [9.17, 15) is 9.59 Å². The second kappa shape index (κ2) is 8.02. The first-order chi connectivity index (χ1) is 9.95. The first kappa shape index (κ1) is 16.7. The van der Waals surface area contributed by atoms with Crippen LogP contribution < -0.4 is 4.90 Å². The van der Waals surface area contributed by atoms with E-state index >= 15 is 0 Å². The smallest absolute Gasteiger partial charge is 0.307 e. The molecule has 0 aliphatic heterocycles. The van der Waals surface area contributed by atoms with Crippen LogP contribution >= 0.6 is 0 Å². The lowest BCUT2D eigenvalue weighted by Crippen LogP contribution is -2.41. The van der Waals surface area contributed by atoms with Crippen molar-refractivity contribution < 1.29 is 14.7 Å². The number of nitriles is 1. The molecule has 112 valence electrons. The highest BCUT2D eigenvalue weighted by atomic mass is 16.4. The van der Waals surface area contributed by atoms with Crippen LogP contribution in [0.15, 0.2) is 30.3 Å². The van der Waals surface area contributed by atoms with E-state index in [1.165, 1.54) is 4.90 Å². The quantitative estimate of drug-likeness (QED) is 0.762. The van der Waals surface area contributed by atoms with Gasteiger partial charge in [0.05, 0.1) is 18.5 Å². The van der Waals surface area contributed by atoms with Crippen LogP contribution in [0.3, 0.4) is 0 Å². The number of benzene rings is 1. The molecule has 1 aromatic carbocycles. The normalized spacial score (nSPS) is 11.7. The molecular formula is C15H19N3O3. The number of carboxylic acid groups (broad SMARTS) is 1. The molecule has 0 spiro atoms. The van der Waals surface area contributed by atoms with Gasteiger partial charge in [0.15, 0.2) is 0 Å². The molecule has 1 unspecified atom stereocenters. The highest BCUT2D eigenvalue weighted by Crippen LogP contribution is 2.13. The van der Waals surface area contributed by atoms with Crippen LogP contribution in [0.5, 0.6) is 0 Å². The van der Waals surface area contributed by atoms with Crippen molar-refractivity contribution in [1.82, 2.24) is 4.90 Å². The van der Waals surface area contributed by atoms with Crippen LogP contribution in [0.2, 0.25) is 0 Å². The lowest BCUT2D eigenvalue weighted by Gasteiger charge is -2.24. The van der Waals surface area contributed by atoms with Crippen LogP contribution in [0.4, 0.5) is 5.69 Å². The number of rotatable bonds is 7. The van der Waals surface area contributed by atoms with Crippen LogP contribution in [0.1, 0.15) is 6.92 Å². The molecule has 6 nitrogen and oxygen atoms in total. The number of amides is 1. The molecule has 1 N–H and O–H groups in total. The van der Waals surface area contributed by atoms with Crippen molar-refractivity contribution in [3.05, 3.63) is 30.3 Å². The van der Waals surface area contributed by atoms with Crippen molar-refractivity contribution in [1.29, 1.82) is 5.26 Å². The molecule has 0 fully saturated rings. The fourth-order valence-electron chi connectivity index (χ4n) is 1.93. The molecule has 1 rings (SSSR count). The van der Waals surface area contributed by atoms with Gasteiger partial charge in [-0.15, -0.1) is 0 Å². The maximum Gasteiger partial charge on any atom is 0.307 e. The number of carbonyl (C=O) groups is 2. The summed E-state index contributed by atoms with van der Waals surface area (Å²) in [5, 5.41) is 17.7. The fourth-order valence-corrected chi connectivity index (χ4v) is 1.93. The minimum atomic E-state index is -0.897. The number of para-hydroxylation sites is 1. The number of carbonyl (C=O) groups excluding carboxylic acids is 1. The van der Waals surface area contributed by atoms with Gasteiger partial charge in [-0.05, 0) is 19.2 Å². The third-order valence-corrected chi connectivity index (χ3v) is 3.01. The maximum atomic E-state index is 12.3. The predicted octanol–water partition coefficient (Wildman–Crippen LogP) is 1.20. The van der Waals surface area contributed by atoms with Gasteiger partial charge in [-0.2, -0.15) is 5.26 Å². The zero-order valence-corrected chi connectivity index (χ0v) is 12.2. The van der Waals surface area contributed by atoms with Crippen LogP contribution in [0, 0.1) is 17.2 Å². The van der Waals surface area contributed by atoms with Crippen molar-refractivity contribution in [2.24, 2.45) is 5.92 Å². The predicted molar refractivity (Wildman–Crippen MR) is 78.7 cm³/mol. The second-order valence-electron chi connectivity index (χ2n) is 4.91. The van der Waals surface area contributed by atoms with E-state index in [4.69, 9.17) is 10.4 Å². The SMILES string of the molecule is CC(CN(C)CC(=O)N(CC#N)c1ccccc1)C(=O)O. The van der Waals surface area contributed by atoms with E-state index in [0.29, 0.717) is 5.69 Å². The van der Waals surface area contributed by atoms with Gasteiger partial charge in [-0.1, -0.05) is 25.1 Å². The average Bonchev–Trinajstić information content (AvgIpc) is 2.45. The van der Waals surface area contributed by atoms with E-state index < -0.39 is 11.9 Å². The Morgan fingerprint density at radius 3 is 2.48 bits per heavy atom. The van der Waals surface area contributed by atoms with E-state index in [1.54, 1.807) is 43.1 Å². The summed E-state index contributed by atoms with van der Waals surface area (Å²) in [6.45, 7) is 1.89. The summed E-state index contributed by atoms with van der Waals surface area (Å²) in [6.07, 6.45) is 0. The Balaban J connectivity index is 2.70. The summed E-state index contributed by atoms with van der Waals surface area (Å²) in [7, 11) is 1.69. The van der Waals surface area contributed by atoms with E-state index in [2.05, 4.69) is 0 Å². The second-order valence-corrected chi connectivity index (χ2v) is 4.91. The Labute approximate surface area is 124 Å². The minimum Gasteiger partial charge on any atom is -0.481 e. The highest BCUT2D eigenvalue weighted by molar-refractivity contribution is 5.95. The third kappa shape index (κ3) is 5.24. The maximum absolute atomic E-state index is 12.3. The van der Waals surface area contributed by atoms with Gasteiger partial charge in [0, 0.05) is 12.2 Å². The molecule has 21 heavy (non-hydrogen) atoms. The minimum absolute atomic E-state index is 0.0365. The van der Waals surface area contributed by atoms with Gasteiger partial charge in [0.25, 0.3) is 0 Å². The number of hydrogen-bond donors (Lipinski definition) is 1. The van der Waals surface area contributed by atoms with Crippen molar-refractivity contribution >= 4 is 17.6 Å². The van der Waals surface area contributed by atoms with Gasteiger partial charge < -0.3 is 5.11 Å². The van der Waals surface area contributed by atoms with Gasteiger partial charge in [0.1, 0.15) is 6.54 Å². The lowest BCUT2D eigenvalue weighted by atomic mass is 10.2. The third-order valence-electron chi connectivity index (χ3n) is 3.01. The molecule has 0 aliphatic rings. The Bertz CT molecular complexity index is 525. The van der Waals surface area contributed by atoms with E-state index in [-0.39, 0.29) is 25.5 Å². The summed E-state index contributed by atoms with van der Waals surface area (Å²) < 4.78 is 0. The summed E-state index contributed by atoms with van der Waals surface area (Å²) in [4.78, 5) is 26.1. The number of likely N-dealkylation sites (N-methyl/N-ethyl adjacent to an activating group) is 1. The van der Waals surface area contributed by atoms with Crippen LogP contribution in [-0.4, -0.2) is 48.6 Å². The van der Waals surface area contributed by atoms with E-state index in [1.807, 2.05) is 12.1 Å². The lowest BCUT2D eigenvalue weighted by molar-refractivity contribution is -0.142. The van der Waals surface area contributed by atoms with Gasteiger partial charge >= 0.3 is 5.97 Å². The molecule has 6 heteroatoms. The Morgan fingerprint density at radius 2 is 1.95 bits per heavy atom. The summed E-state index contributed by atoms with van der Waals surface area (Å²) in [5.74, 6) is -1.68. The molecule has 0 saturated carbocycles. The number of nitrogens with zero attached hydrogens (tertiary/aromatic N) is 3. The molecule has 0 radical (unpaired) electrons. The van der Waals surface area contributed by atoms with Crippen LogP contribution in [-0.2, 0) is 9.59 Å². The summed E-state index contributed by atoms with van der Waals surface area (Å²) in [5.41, 5.74) is 0.656. The highest BCUT2D eigenvalue weighted by Gasteiger charge is 2.19. The summed E-state index contributed by atoms with van der Waals surface area (Å²) >= 11 is 0. The fraction of sp³-hybridized carbons (Fsp3) is 0.400. The molecule has 1 amide bonds. The Kier molecular flexibility index (Phi) is 6.37. The largest absolute Gasteiger partial charge is 0.481 e. The summed E-state index contributed by atoms with van der Waals surface area (Å²) in [6, 6.07) is 10.9. The number of carboxylic acids is 1. The zero-order valence-electron chi connectivity index (χ0n) is 12.2. The molecule has 0 heterocycles. The molecule has 0 aromatic heterocycles. The number of anilines is 1. The van der Waals surface area contributed by atoms with Crippen molar-refractivity contribution in [2.45, 2.75) is 6.92 Å². The average molecular weight is 289 g/mol. The first-order valence-electron chi connectivity index (χ1n) is 6.59. The van der Waals surface area contributed by atoms with Crippen molar-refractivity contribution in [3.8, 4) is 6.07 Å². The molecule has 0 aliphatic carbocycles. The van der Waals surface area contributed by atoms with Gasteiger partial charge in [-0.3, -0.25) is 19.4 Å². The molecule has 1 aromatic rings. The molecule has 1 atom stereocenters. The molecule has 0 saturated heterocycles. The monoisotopic (exact) mass is 289 g/mol. The van der Waals surface area contributed by atoms with Crippen LogP contribution in [0.25, 0.3) is 0 Å². The Hall–Kier alpha value is -2.39. The molecule has 0 bridgehead atoms. The zero-order chi connectivity index (χ0) is 15.8. The topological polar surface area (TPSA) is 84.6 Å². The first-order valence-corrected chi connectivity index (χ1v) is 6.59. The van der Waals surface area contributed by atoms with Gasteiger partial charge in [0.2, 0.25) is 5.91 Å².